The Bertz CT molecular complexity index is 1090. The fourth-order valence-electron chi connectivity index (χ4n) is 4.32. The number of amides is 1. The maximum Gasteiger partial charge on any atom is 0.261 e. The number of unbranched alkanes of at least 4 members (excludes halogenated alkanes) is 1. The van der Waals surface area contributed by atoms with E-state index in [4.69, 9.17) is 4.98 Å². The number of aromatic nitrogens is 2. The molecule has 0 saturated heterocycles. The molecule has 0 bridgehead atoms. The van der Waals surface area contributed by atoms with Crippen molar-refractivity contribution in [3.05, 3.63) is 76.3 Å². The molecule has 2 atom stereocenters. The molecule has 1 aromatic heterocycles. The second-order valence-corrected chi connectivity index (χ2v) is 8.41. The zero-order chi connectivity index (χ0) is 23.1. The van der Waals surface area contributed by atoms with E-state index in [0.29, 0.717) is 29.8 Å². The van der Waals surface area contributed by atoms with Crippen LogP contribution in [-0.4, -0.2) is 20.4 Å². The Labute approximate surface area is 191 Å². The molecule has 3 aromatic rings. The molecule has 32 heavy (non-hydrogen) atoms. The van der Waals surface area contributed by atoms with Crippen molar-refractivity contribution in [1.82, 2.24) is 14.5 Å². The number of carbonyl (C=O) groups excluding carboxylic acids is 1. The number of nitrogens with zero attached hydrogens (tertiary/aromatic N) is 3. The summed E-state index contributed by atoms with van der Waals surface area (Å²) in [6, 6.07) is 17.2. The van der Waals surface area contributed by atoms with Gasteiger partial charge in [0.2, 0.25) is 5.91 Å². The number of fused-ring (bicyclic) bond motifs is 1. The Balaban J connectivity index is 2.07. The van der Waals surface area contributed by atoms with Crippen LogP contribution in [-0.2, 0) is 17.9 Å². The Kier molecular flexibility index (Phi) is 8.20. The minimum absolute atomic E-state index is 0.0247. The number of hydrogen-bond donors (Lipinski definition) is 0. The Hall–Kier alpha value is -2.95. The monoisotopic (exact) mass is 433 g/mol. The minimum atomic E-state index is -0.323. The van der Waals surface area contributed by atoms with Gasteiger partial charge in [0, 0.05) is 19.0 Å². The highest BCUT2D eigenvalue weighted by Gasteiger charge is 2.30. The molecule has 2 aromatic carbocycles. The Morgan fingerprint density at radius 3 is 2.38 bits per heavy atom. The molecule has 0 aliphatic heterocycles. The molecule has 0 aliphatic rings. The van der Waals surface area contributed by atoms with Gasteiger partial charge >= 0.3 is 0 Å². The lowest BCUT2D eigenvalue weighted by atomic mass is 9.96. The van der Waals surface area contributed by atoms with E-state index in [2.05, 4.69) is 13.8 Å². The van der Waals surface area contributed by atoms with E-state index in [-0.39, 0.29) is 23.4 Å². The van der Waals surface area contributed by atoms with Crippen molar-refractivity contribution in [2.45, 2.75) is 72.5 Å². The van der Waals surface area contributed by atoms with E-state index >= 15 is 0 Å². The molecule has 5 heteroatoms. The van der Waals surface area contributed by atoms with Gasteiger partial charge in [0.05, 0.1) is 16.9 Å². The van der Waals surface area contributed by atoms with Gasteiger partial charge < -0.3 is 4.90 Å². The summed E-state index contributed by atoms with van der Waals surface area (Å²) in [6.45, 7) is 9.19. The minimum Gasteiger partial charge on any atom is -0.328 e. The topological polar surface area (TPSA) is 55.2 Å². The summed E-state index contributed by atoms with van der Waals surface area (Å²) in [5.41, 5.74) is 1.70. The van der Waals surface area contributed by atoms with E-state index in [1.807, 2.05) is 73.3 Å². The van der Waals surface area contributed by atoms with Crippen molar-refractivity contribution < 1.29 is 4.79 Å². The summed E-state index contributed by atoms with van der Waals surface area (Å²) in [5, 5.41) is 0.612. The fraction of sp³-hybridized carbons (Fsp3) is 0.444. The standard InChI is InChI=1S/C27H35N3O2/c1-5-8-16-22(6-2)26(31)30(19-21-14-10-9-11-15-21)20(4)25-28-24-18-13-12-17-23(24)27(32)29(25)7-3/h9-15,17-18,20,22H,5-8,16,19H2,1-4H3. The lowest BCUT2D eigenvalue weighted by Crippen LogP contribution is -2.40. The highest BCUT2D eigenvalue weighted by Crippen LogP contribution is 2.27. The van der Waals surface area contributed by atoms with Gasteiger partial charge in [0.1, 0.15) is 5.82 Å². The molecule has 1 heterocycles. The van der Waals surface area contributed by atoms with Gasteiger partial charge in [-0.2, -0.15) is 0 Å². The van der Waals surface area contributed by atoms with E-state index in [1.54, 1.807) is 4.57 Å². The summed E-state index contributed by atoms with van der Waals surface area (Å²) in [5.74, 6) is 0.761. The first kappa shape index (κ1) is 23.7. The van der Waals surface area contributed by atoms with Gasteiger partial charge in [0.25, 0.3) is 5.56 Å². The third-order valence-corrected chi connectivity index (χ3v) is 6.28. The van der Waals surface area contributed by atoms with Crippen LogP contribution in [0.2, 0.25) is 0 Å². The maximum atomic E-state index is 13.8. The van der Waals surface area contributed by atoms with Crippen LogP contribution in [0.25, 0.3) is 10.9 Å². The summed E-state index contributed by atoms with van der Waals surface area (Å²) in [6.07, 6.45) is 3.80. The predicted molar refractivity (Wildman–Crippen MR) is 130 cm³/mol. The van der Waals surface area contributed by atoms with Crippen molar-refractivity contribution in [2.75, 3.05) is 0 Å². The number of benzene rings is 2. The van der Waals surface area contributed by atoms with Gasteiger partial charge in [-0.25, -0.2) is 4.98 Å². The first-order chi connectivity index (χ1) is 15.5. The van der Waals surface area contributed by atoms with Crippen LogP contribution in [0.3, 0.4) is 0 Å². The predicted octanol–water partition coefficient (Wildman–Crippen LogP) is 5.72. The van der Waals surface area contributed by atoms with E-state index in [1.165, 1.54) is 0 Å². The number of para-hydroxylation sites is 1. The molecule has 1 amide bonds. The molecule has 0 radical (unpaired) electrons. The molecular weight excluding hydrogens is 398 g/mol. The molecule has 5 nitrogen and oxygen atoms in total. The van der Waals surface area contributed by atoms with Gasteiger partial charge in [-0.05, 0) is 44.4 Å². The number of carbonyl (C=O) groups is 1. The third kappa shape index (κ3) is 5.09. The quantitative estimate of drug-likeness (QED) is 0.411. The molecular formula is C27H35N3O2. The van der Waals surface area contributed by atoms with Crippen molar-refractivity contribution in [2.24, 2.45) is 5.92 Å². The first-order valence-electron chi connectivity index (χ1n) is 11.9. The average Bonchev–Trinajstić information content (AvgIpc) is 2.83. The SMILES string of the molecule is CCCCC(CC)C(=O)N(Cc1ccccc1)C(C)c1nc2ccccc2c(=O)n1CC. The maximum absolute atomic E-state index is 13.8. The summed E-state index contributed by atoms with van der Waals surface area (Å²) in [7, 11) is 0. The van der Waals surface area contributed by atoms with E-state index in [0.717, 1.165) is 31.2 Å². The molecule has 0 spiro atoms. The van der Waals surface area contributed by atoms with Crippen LogP contribution in [0.1, 0.15) is 70.8 Å². The summed E-state index contributed by atoms with van der Waals surface area (Å²) >= 11 is 0. The molecule has 3 rings (SSSR count). The van der Waals surface area contributed by atoms with Gasteiger partial charge in [-0.15, -0.1) is 0 Å². The Morgan fingerprint density at radius 2 is 1.72 bits per heavy atom. The third-order valence-electron chi connectivity index (χ3n) is 6.28. The molecule has 0 aliphatic carbocycles. The van der Waals surface area contributed by atoms with E-state index < -0.39 is 0 Å². The van der Waals surface area contributed by atoms with Crippen LogP contribution in [0.5, 0.6) is 0 Å². The van der Waals surface area contributed by atoms with Gasteiger partial charge in [-0.1, -0.05) is 69.2 Å². The highest BCUT2D eigenvalue weighted by atomic mass is 16.2. The second kappa shape index (κ2) is 11.1. The van der Waals surface area contributed by atoms with Crippen molar-refractivity contribution in [3.63, 3.8) is 0 Å². The lowest BCUT2D eigenvalue weighted by Gasteiger charge is -2.33. The molecule has 0 saturated carbocycles. The largest absolute Gasteiger partial charge is 0.328 e. The normalized spacial score (nSPS) is 13.1. The molecule has 0 fully saturated rings. The first-order valence-corrected chi connectivity index (χ1v) is 11.9. The summed E-state index contributed by atoms with van der Waals surface area (Å²) < 4.78 is 1.71. The smallest absolute Gasteiger partial charge is 0.261 e. The van der Waals surface area contributed by atoms with Crippen LogP contribution in [0.4, 0.5) is 0 Å². The Morgan fingerprint density at radius 1 is 1.03 bits per heavy atom. The van der Waals surface area contributed by atoms with Gasteiger partial charge in [-0.3, -0.25) is 14.2 Å². The lowest BCUT2D eigenvalue weighted by molar-refractivity contribution is -0.139. The molecule has 2 unspecified atom stereocenters. The zero-order valence-corrected chi connectivity index (χ0v) is 19.8. The second-order valence-electron chi connectivity index (χ2n) is 8.41. The van der Waals surface area contributed by atoms with Crippen LogP contribution in [0, 0.1) is 5.92 Å². The molecule has 170 valence electrons. The van der Waals surface area contributed by atoms with E-state index in [9.17, 15) is 9.59 Å². The van der Waals surface area contributed by atoms with Crippen molar-refractivity contribution in [1.29, 1.82) is 0 Å². The fourth-order valence-corrected chi connectivity index (χ4v) is 4.32. The van der Waals surface area contributed by atoms with Crippen molar-refractivity contribution >= 4 is 16.8 Å². The van der Waals surface area contributed by atoms with Crippen molar-refractivity contribution in [3.8, 4) is 0 Å². The summed E-state index contributed by atoms with van der Waals surface area (Å²) in [4.78, 5) is 33.7. The molecule has 0 N–H and O–H groups in total. The highest BCUT2D eigenvalue weighted by molar-refractivity contribution is 5.80. The van der Waals surface area contributed by atoms with Crippen LogP contribution < -0.4 is 5.56 Å². The van der Waals surface area contributed by atoms with Crippen LogP contribution >= 0.6 is 0 Å². The number of hydrogen-bond acceptors (Lipinski definition) is 3. The van der Waals surface area contributed by atoms with Crippen LogP contribution in [0.15, 0.2) is 59.4 Å². The number of rotatable bonds is 10. The van der Waals surface area contributed by atoms with Gasteiger partial charge in [0.15, 0.2) is 0 Å². The average molecular weight is 434 g/mol. The zero-order valence-electron chi connectivity index (χ0n) is 19.8.